The average molecular weight is 296 g/mol. The Kier molecular flexibility index (Phi) is 2.55. The lowest BCUT2D eigenvalue weighted by atomic mass is 10.00. The molecule has 1 aliphatic carbocycles. The van der Waals surface area contributed by atoms with Crippen molar-refractivity contribution in [1.82, 2.24) is 4.98 Å². The van der Waals surface area contributed by atoms with Crippen LogP contribution in [0.3, 0.4) is 0 Å². The maximum atomic E-state index is 4.72. The third-order valence-corrected chi connectivity index (χ3v) is 5.59. The van der Waals surface area contributed by atoms with Crippen molar-refractivity contribution >= 4 is 37.5 Å². The minimum atomic E-state index is 0.494. The van der Waals surface area contributed by atoms with Crippen LogP contribution in [0.1, 0.15) is 24.8 Å². The molecule has 0 saturated heterocycles. The summed E-state index contributed by atoms with van der Waals surface area (Å²) in [4.78, 5) is 5.32. The van der Waals surface area contributed by atoms with E-state index in [0.717, 1.165) is 11.9 Å². The number of benzene rings is 1. The summed E-state index contributed by atoms with van der Waals surface area (Å²) < 4.78 is 1.32. The average Bonchev–Trinajstić information content (AvgIpc) is 2.92. The molecule has 1 heterocycles. The van der Waals surface area contributed by atoms with Gasteiger partial charge in [0, 0.05) is 11.2 Å². The molecule has 0 aliphatic heterocycles. The predicted molar refractivity (Wildman–Crippen MR) is 73.4 cm³/mol. The van der Waals surface area contributed by atoms with Gasteiger partial charge in [0.25, 0.3) is 0 Å². The molecule has 1 aliphatic rings. The highest BCUT2D eigenvalue weighted by atomic mass is 79.9. The summed E-state index contributed by atoms with van der Waals surface area (Å²) in [5.74, 6) is 0. The van der Waals surface area contributed by atoms with Gasteiger partial charge in [0.15, 0.2) is 0 Å². The van der Waals surface area contributed by atoms with Crippen LogP contribution in [0.5, 0.6) is 0 Å². The molecule has 0 N–H and O–H groups in total. The molecule has 3 heteroatoms. The Labute approximate surface area is 108 Å². The molecule has 0 bridgehead atoms. The molecule has 1 nitrogen and oxygen atoms in total. The van der Waals surface area contributed by atoms with Gasteiger partial charge in [-0.3, -0.25) is 0 Å². The van der Waals surface area contributed by atoms with Gasteiger partial charge in [0.05, 0.1) is 15.2 Å². The second-order valence-corrected chi connectivity index (χ2v) is 7.22. The van der Waals surface area contributed by atoms with Gasteiger partial charge in [-0.2, -0.15) is 0 Å². The van der Waals surface area contributed by atoms with E-state index in [0.29, 0.717) is 10.2 Å². The molecule has 1 saturated carbocycles. The number of nitrogens with zero attached hydrogens (tertiary/aromatic N) is 1. The Morgan fingerprint density at radius 2 is 2.19 bits per heavy atom. The monoisotopic (exact) mass is 295 g/mol. The van der Waals surface area contributed by atoms with E-state index in [9.17, 15) is 0 Å². The van der Waals surface area contributed by atoms with Crippen molar-refractivity contribution in [2.24, 2.45) is 5.41 Å². The van der Waals surface area contributed by atoms with E-state index in [2.05, 4.69) is 47.1 Å². The minimum absolute atomic E-state index is 0.494. The lowest BCUT2D eigenvalue weighted by molar-refractivity contribution is 0.508. The van der Waals surface area contributed by atoms with Crippen LogP contribution in [0.4, 0.5) is 0 Å². The maximum Gasteiger partial charge on any atom is 0.0944 e. The lowest BCUT2D eigenvalue weighted by Gasteiger charge is -2.15. The van der Waals surface area contributed by atoms with Crippen molar-refractivity contribution < 1.29 is 0 Å². The van der Waals surface area contributed by atoms with Crippen molar-refractivity contribution in [3.8, 4) is 0 Å². The van der Waals surface area contributed by atoms with Gasteiger partial charge in [0.2, 0.25) is 0 Å². The third kappa shape index (κ3) is 1.80. The Morgan fingerprint density at radius 1 is 1.44 bits per heavy atom. The van der Waals surface area contributed by atoms with Gasteiger partial charge in [-0.05, 0) is 30.4 Å². The summed E-state index contributed by atoms with van der Waals surface area (Å²) in [6, 6.07) is 8.41. The predicted octanol–water partition coefficient (Wildman–Crippen LogP) is 4.40. The lowest BCUT2D eigenvalue weighted by Crippen LogP contribution is -2.14. The van der Waals surface area contributed by atoms with E-state index in [1.165, 1.54) is 22.5 Å². The molecule has 1 unspecified atom stereocenters. The van der Waals surface area contributed by atoms with E-state index < -0.39 is 0 Å². The highest BCUT2D eigenvalue weighted by Gasteiger charge is 2.46. The second kappa shape index (κ2) is 3.81. The molecule has 0 spiro atoms. The van der Waals surface area contributed by atoms with Crippen LogP contribution in [0.25, 0.3) is 10.2 Å². The van der Waals surface area contributed by atoms with E-state index in [1.807, 2.05) is 11.3 Å². The largest absolute Gasteiger partial charge is 0.241 e. The van der Waals surface area contributed by atoms with Crippen LogP contribution in [0, 0.1) is 5.41 Å². The number of hydrogen-bond donors (Lipinski definition) is 0. The smallest absolute Gasteiger partial charge is 0.0944 e. The summed E-state index contributed by atoms with van der Waals surface area (Å²) in [6.45, 7) is 2.26. The van der Waals surface area contributed by atoms with Crippen molar-refractivity contribution in [1.29, 1.82) is 0 Å². The number of thiazole rings is 1. The first-order valence-corrected chi connectivity index (χ1v) is 7.41. The highest BCUT2D eigenvalue weighted by molar-refractivity contribution is 9.09. The Hall–Kier alpha value is -0.410. The normalized spacial score (nSPS) is 19.9. The van der Waals surface area contributed by atoms with Crippen LogP contribution in [0.15, 0.2) is 24.3 Å². The molecule has 84 valence electrons. The van der Waals surface area contributed by atoms with E-state index in [-0.39, 0.29) is 0 Å². The van der Waals surface area contributed by atoms with E-state index in [4.69, 9.17) is 4.98 Å². The number of aromatic nitrogens is 1. The van der Waals surface area contributed by atoms with E-state index in [1.54, 1.807) is 0 Å². The number of halogens is 1. The number of hydrogen-bond acceptors (Lipinski definition) is 2. The molecule has 16 heavy (non-hydrogen) atoms. The molecule has 1 aromatic carbocycles. The fourth-order valence-corrected chi connectivity index (χ4v) is 3.91. The summed E-state index contributed by atoms with van der Waals surface area (Å²) in [6.07, 6.45) is 3.82. The molecule has 0 amide bonds. The molecule has 0 radical (unpaired) electrons. The number of fused-ring (bicyclic) bond motifs is 1. The molecule has 1 atom stereocenters. The van der Waals surface area contributed by atoms with Crippen LogP contribution in [-0.2, 0) is 6.42 Å². The van der Waals surface area contributed by atoms with Crippen LogP contribution >= 0.6 is 27.3 Å². The van der Waals surface area contributed by atoms with Gasteiger partial charge >= 0.3 is 0 Å². The first-order chi connectivity index (χ1) is 7.70. The molecule has 1 fully saturated rings. The summed E-state index contributed by atoms with van der Waals surface area (Å²) in [7, 11) is 0. The Morgan fingerprint density at radius 3 is 2.81 bits per heavy atom. The molecule has 3 rings (SSSR count). The molecule has 1 aromatic heterocycles. The SMILES string of the molecule is CC(Br)C1(Cc2nc3ccccc3s2)CC1. The molecular formula is C13H14BrNS. The summed E-state index contributed by atoms with van der Waals surface area (Å²) in [5, 5.41) is 1.30. The fourth-order valence-electron chi connectivity index (χ4n) is 2.17. The zero-order chi connectivity index (χ0) is 11.2. The van der Waals surface area contributed by atoms with Gasteiger partial charge in [-0.25, -0.2) is 4.98 Å². The molecular weight excluding hydrogens is 282 g/mol. The Bertz CT molecular complexity index is 480. The number of alkyl halides is 1. The van der Waals surface area contributed by atoms with Crippen molar-refractivity contribution in [3.63, 3.8) is 0 Å². The Balaban J connectivity index is 1.90. The maximum absolute atomic E-state index is 4.72. The van der Waals surface area contributed by atoms with Crippen LogP contribution in [0.2, 0.25) is 0 Å². The second-order valence-electron chi connectivity index (χ2n) is 4.73. The van der Waals surface area contributed by atoms with Crippen molar-refractivity contribution in [3.05, 3.63) is 29.3 Å². The standard InChI is InChI=1S/C13H14BrNS/c1-9(14)13(6-7-13)8-12-15-10-4-2-3-5-11(10)16-12/h2-5,9H,6-8H2,1H3. The molecule has 2 aromatic rings. The van der Waals surface area contributed by atoms with Gasteiger partial charge in [0.1, 0.15) is 0 Å². The summed E-state index contributed by atoms with van der Waals surface area (Å²) in [5.41, 5.74) is 1.65. The van der Waals surface area contributed by atoms with Crippen molar-refractivity contribution in [2.45, 2.75) is 31.0 Å². The van der Waals surface area contributed by atoms with Gasteiger partial charge < -0.3 is 0 Å². The van der Waals surface area contributed by atoms with Gasteiger partial charge in [-0.15, -0.1) is 11.3 Å². The third-order valence-electron chi connectivity index (χ3n) is 3.58. The van der Waals surface area contributed by atoms with E-state index >= 15 is 0 Å². The number of rotatable bonds is 3. The van der Waals surface area contributed by atoms with Gasteiger partial charge in [-0.1, -0.05) is 35.0 Å². The quantitative estimate of drug-likeness (QED) is 0.765. The zero-order valence-corrected chi connectivity index (χ0v) is 11.6. The first-order valence-electron chi connectivity index (χ1n) is 5.68. The minimum Gasteiger partial charge on any atom is -0.241 e. The first kappa shape index (κ1) is 10.7. The highest BCUT2D eigenvalue weighted by Crippen LogP contribution is 2.54. The zero-order valence-electron chi connectivity index (χ0n) is 9.24. The fraction of sp³-hybridized carbons (Fsp3) is 0.462. The van der Waals surface area contributed by atoms with Crippen LogP contribution in [-0.4, -0.2) is 9.81 Å². The topological polar surface area (TPSA) is 12.9 Å². The summed E-state index contributed by atoms with van der Waals surface area (Å²) >= 11 is 5.59. The van der Waals surface area contributed by atoms with Crippen molar-refractivity contribution in [2.75, 3.05) is 0 Å². The van der Waals surface area contributed by atoms with Crippen LogP contribution < -0.4 is 0 Å². The number of para-hydroxylation sites is 1.